The van der Waals surface area contributed by atoms with E-state index < -0.39 is 17.4 Å². The maximum atomic E-state index is 12.2. The van der Waals surface area contributed by atoms with E-state index >= 15 is 0 Å². The second-order valence-corrected chi connectivity index (χ2v) is 5.54. The average Bonchev–Trinajstić information content (AvgIpc) is 2.36. The number of carbonyl (C=O) groups excluding carboxylic acids is 1. The van der Waals surface area contributed by atoms with Crippen LogP contribution < -0.4 is 10.6 Å². The van der Waals surface area contributed by atoms with E-state index in [1.165, 1.54) is 0 Å². The van der Waals surface area contributed by atoms with Crippen LogP contribution in [0.1, 0.15) is 40.0 Å². The monoisotopic (exact) mass is 256 g/mol. The summed E-state index contributed by atoms with van der Waals surface area (Å²) in [4.78, 5) is 23.2. The van der Waals surface area contributed by atoms with Crippen molar-refractivity contribution in [3.8, 4) is 0 Å². The van der Waals surface area contributed by atoms with Crippen LogP contribution in [0.5, 0.6) is 0 Å². The van der Waals surface area contributed by atoms with Gasteiger partial charge in [0.15, 0.2) is 0 Å². The summed E-state index contributed by atoms with van der Waals surface area (Å²) in [6.07, 6.45) is 2.48. The van der Waals surface area contributed by atoms with E-state index in [0.717, 1.165) is 25.9 Å². The van der Waals surface area contributed by atoms with Crippen LogP contribution in [-0.2, 0) is 9.59 Å². The first-order valence-electron chi connectivity index (χ1n) is 6.64. The molecular weight excluding hydrogens is 232 g/mol. The summed E-state index contributed by atoms with van der Waals surface area (Å²) in [7, 11) is 0. The SMILES string of the molecule is CCC(NC(=O)C(C)(C)C1CCCNC1)C(=O)O. The molecule has 1 aliphatic rings. The first kappa shape index (κ1) is 15.0. The van der Waals surface area contributed by atoms with Crippen molar-refractivity contribution >= 4 is 11.9 Å². The molecule has 3 N–H and O–H groups in total. The Bertz CT molecular complexity index is 309. The first-order chi connectivity index (χ1) is 8.39. The van der Waals surface area contributed by atoms with Crippen molar-refractivity contribution in [2.45, 2.75) is 46.1 Å². The van der Waals surface area contributed by atoms with E-state index in [4.69, 9.17) is 5.11 Å². The van der Waals surface area contributed by atoms with Crippen LogP contribution in [0.4, 0.5) is 0 Å². The van der Waals surface area contributed by atoms with Crippen molar-refractivity contribution < 1.29 is 14.7 Å². The molecule has 1 fully saturated rings. The first-order valence-corrected chi connectivity index (χ1v) is 6.64. The van der Waals surface area contributed by atoms with E-state index in [2.05, 4.69) is 10.6 Å². The smallest absolute Gasteiger partial charge is 0.326 e. The molecule has 2 unspecified atom stereocenters. The maximum Gasteiger partial charge on any atom is 0.326 e. The van der Waals surface area contributed by atoms with Crippen LogP contribution in [0, 0.1) is 11.3 Å². The third kappa shape index (κ3) is 3.45. The fraction of sp³-hybridized carbons (Fsp3) is 0.846. The summed E-state index contributed by atoms with van der Waals surface area (Å²) >= 11 is 0. The quantitative estimate of drug-likeness (QED) is 0.685. The highest BCUT2D eigenvalue weighted by atomic mass is 16.4. The number of hydrogen-bond acceptors (Lipinski definition) is 3. The predicted octanol–water partition coefficient (Wildman–Crippen LogP) is 0.992. The fourth-order valence-corrected chi connectivity index (χ4v) is 2.34. The molecule has 0 radical (unpaired) electrons. The minimum absolute atomic E-state index is 0.162. The zero-order valence-electron chi connectivity index (χ0n) is 11.5. The zero-order valence-corrected chi connectivity index (χ0v) is 11.5. The van der Waals surface area contributed by atoms with Crippen LogP contribution in [0.3, 0.4) is 0 Å². The highest BCUT2D eigenvalue weighted by Crippen LogP contribution is 2.32. The molecule has 18 heavy (non-hydrogen) atoms. The highest BCUT2D eigenvalue weighted by Gasteiger charge is 2.38. The number of carbonyl (C=O) groups is 2. The molecule has 0 spiro atoms. The number of piperidine rings is 1. The molecular formula is C13H24N2O3. The van der Waals surface area contributed by atoms with Crippen molar-refractivity contribution in [3.63, 3.8) is 0 Å². The Morgan fingerprint density at radius 3 is 2.61 bits per heavy atom. The normalized spacial score (nSPS) is 22.3. The van der Waals surface area contributed by atoms with Crippen LogP contribution >= 0.6 is 0 Å². The second-order valence-electron chi connectivity index (χ2n) is 5.54. The second kappa shape index (κ2) is 6.18. The summed E-state index contributed by atoms with van der Waals surface area (Å²) in [6, 6.07) is -0.784. The molecule has 104 valence electrons. The lowest BCUT2D eigenvalue weighted by atomic mass is 9.74. The van der Waals surface area contributed by atoms with Gasteiger partial charge in [-0.1, -0.05) is 20.8 Å². The summed E-state index contributed by atoms with van der Waals surface area (Å²) in [6.45, 7) is 7.38. The summed E-state index contributed by atoms with van der Waals surface area (Å²) < 4.78 is 0. The average molecular weight is 256 g/mol. The molecule has 5 heteroatoms. The van der Waals surface area contributed by atoms with Crippen molar-refractivity contribution in [2.75, 3.05) is 13.1 Å². The minimum atomic E-state index is -0.969. The van der Waals surface area contributed by atoms with Crippen LogP contribution in [-0.4, -0.2) is 36.1 Å². The lowest BCUT2D eigenvalue weighted by Gasteiger charge is -2.36. The molecule has 1 amide bonds. The lowest BCUT2D eigenvalue weighted by molar-refractivity contribution is -0.144. The van der Waals surface area contributed by atoms with Gasteiger partial charge in [-0.2, -0.15) is 0 Å². The molecule has 1 heterocycles. The number of carboxylic acids is 1. The van der Waals surface area contributed by atoms with Crippen LogP contribution in [0.25, 0.3) is 0 Å². The van der Waals surface area contributed by atoms with Crippen LogP contribution in [0.2, 0.25) is 0 Å². The van der Waals surface area contributed by atoms with Gasteiger partial charge in [0, 0.05) is 5.41 Å². The Kier molecular flexibility index (Phi) is 5.14. The Morgan fingerprint density at radius 1 is 1.50 bits per heavy atom. The number of carboxylic acid groups (broad SMARTS) is 1. The molecule has 2 atom stereocenters. The van der Waals surface area contributed by atoms with E-state index in [-0.39, 0.29) is 11.8 Å². The van der Waals surface area contributed by atoms with Crippen LogP contribution in [0.15, 0.2) is 0 Å². The molecule has 1 rings (SSSR count). The molecule has 0 aromatic carbocycles. The maximum absolute atomic E-state index is 12.2. The van der Waals surface area contributed by atoms with Crippen molar-refractivity contribution in [1.29, 1.82) is 0 Å². The Labute approximate surface area is 108 Å². The molecule has 0 aromatic rings. The number of aliphatic carboxylic acids is 1. The molecule has 1 saturated heterocycles. The van der Waals surface area contributed by atoms with E-state index in [1.807, 2.05) is 13.8 Å². The van der Waals surface area contributed by atoms with Gasteiger partial charge in [-0.3, -0.25) is 4.79 Å². The minimum Gasteiger partial charge on any atom is -0.480 e. The van der Waals surface area contributed by atoms with Gasteiger partial charge >= 0.3 is 5.97 Å². The summed E-state index contributed by atoms with van der Waals surface area (Å²) in [5.74, 6) is -0.869. The summed E-state index contributed by atoms with van der Waals surface area (Å²) in [5.41, 5.74) is -0.531. The standard InChI is InChI=1S/C13H24N2O3/c1-4-10(11(16)17)15-12(18)13(2,3)9-6-5-7-14-8-9/h9-10,14H,4-8H2,1-3H3,(H,15,18)(H,16,17). The van der Waals surface area contributed by atoms with Gasteiger partial charge in [0.25, 0.3) is 0 Å². The largest absolute Gasteiger partial charge is 0.480 e. The fourth-order valence-electron chi connectivity index (χ4n) is 2.34. The topological polar surface area (TPSA) is 78.4 Å². The van der Waals surface area contributed by atoms with Crippen molar-refractivity contribution in [2.24, 2.45) is 11.3 Å². The number of hydrogen-bond donors (Lipinski definition) is 3. The van der Waals surface area contributed by atoms with Gasteiger partial charge in [-0.05, 0) is 38.3 Å². The highest BCUT2D eigenvalue weighted by molar-refractivity contribution is 5.87. The number of nitrogens with one attached hydrogen (secondary N) is 2. The molecule has 0 aliphatic carbocycles. The van der Waals surface area contributed by atoms with Gasteiger partial charge in [0.05, 0.1) is 0 Å². The van der Waals surface area contributed by atoms with Gasteiger partial charge < -0.3 is 15.7 Å². The van der Waals surface area contributed by atoms with E-state index in [1.54, 1.807) is 6.92 Å². The molecule has 5 nitrogen and oxygen atoms in total. The third-order valence-electron chi connectivity index (χ3n) is 3.91. The Balaban J connectivity index is 2.65. The summed E-state index contributed by atoms with van der Waals surface area (Å²) in [5, 5.41) is 14.9. The van der Waals surface area contributed by atoms with Gasteiger partial charge in [0.1, 0.15) is 6.04 Å². The zero-order chi connectivity index (χ0) is 13.8. The number of amides is 1. The Hall–Kier alpha value is -1.10. The lowest BCUT2D eigenvalue weighted by Crippen LogP contribution is -2.51. The van der Waals surface area contributed by atoms with Crippen molar-refractivity contribution in [3.05, 3.63) is 0 Å². The molecule has 0 bridgehead atoms. The van der Waals surface area contributed by atoms with Gasteiger partial charge in [-0.15, -0.1) is 0 Å². The number of rotatable bonds is 5. The molecule has 0 saturated carbocycles. The van der Waals surface area contributed by atoms with Gasteiger partial charge in [0.2, 0.25) is 5.91 Å². The van der Waals surface area contributed by atoms with E-state index in [0.29, 0.717) is 6.42 Å². The van der Waals surface area contributed by atoms with E-state index in [9.17, 15) is 9.59 Å². The predicted molar refractivity (Wildman–Crippen MR) is 69.2 cm³/mol. The van der Waals surface area contributed by atoms with Crippen molar-refractivity contribution in [1.82, 2.24) is 10.6 Å². The van der Waals surface area contributed by atoms with Gasteiger partial charge in [-0.25, -0.2) is 4.79 Å². The molecule has 1 aliphatic heterocycles. The third-order valence-corrected chi connectivity index (χ3v) is 3.91. The Morgan fingerprint density at radius 2 is 2.17 bits per heavy atom. The molecule has 0 aromatic heterocycles.